The van der Waals surface area contributed by atoms with Gasteiger partial charge in [0.15, 0.2) is 0 Å². The fourth-order valence-electron chi connectivity index (χ4n) is 1.13. The molecule has 0 aliphatic carbocycles. The highest BCUT2D eigenvalue weighted by Crippen LogP contribution is 2.49. The Bertz CT molecular complexity index is 226. The second kappa shape index (κ2) is 6.98. The van der Waals surface area contributed by atoms with Crippen molar-refractivity contribution >= 4 is 7.26 Å². The molecule has 0 unspecified atom stereocenters. The van der Waals surface area contributed by atoms with Crippen LogP contribution in [0.25, 0.3) is 0 Å². The van der Waals surface area contributed by atoms with E-state index >= 15 is 0 Å². The highest BCUT2D eigenvalue weighted by atomic mass is 31.2. The molecule has 1 aromatic carbocycles. The molecule has 0 saturated carbocycles. The minimum absolute atomic E-state index is 0. The minimum atomic E-state index is -0.638. The molecule has 1 nitrogen and oxygen atoms in total. The average Bonchev–Trinajstić information content (AvgIpc) is 2.04. The van der Waals surface area contributed by atoms with E-state index < -0.39 is 7.26 Å². The van der Waals surface area contributed by atoms with Crippen LogP contribution in [-0.4, -0.2) is 26.6 Å². The van der Waals surface area contributed by atoms with E-state index in [1.807, 2.05) is 0 Å². The van der Waals surface area contributed by atoms with Gasteiger partial charge in [0.2, 0.25) is 0 Å². The molecule has 0 bridgehead atoms. The van der Waals surface area contributed by atoms with Gasteiger partial charge in [-0.2, -0.15) is 0 Å². The van der Waals surface area contributed by atoms with E-state index in [4.69, 9.17) is 5.11 Å². The van der Waals surface area contributed by atoms with Crippen molar-refractivity contribution in [3.63, 3.8) is 0 Å². The van der Waals surface area contributed by atoms with E-state index in [1.165, 1.54) is 11.7 Å². The number of rotatable bonds is 2. The monoisotopic (exact) mass is 212 g/mol. The Hall–Kier alpha value is -0.390. The van der Waals surface area contributed by atoms with Crippen LogP contribution < -0.4 is 5.11 Å². The SMILES string of the molecule is CC[O-].C[P+](C)(C)Cc1ccccc1. The summed E-state index contributed by atoms with van der Waals surface area (Å²) in [7, 11) is -0.638. The quantitative estimate of drug-likeness (QED) is 0.690. The molecular formula is C12H21OP. The van der Waals surface area contributed by atoms with Crippen molar-refractivity contribution in [1.29, 1.82) is 0 Å². The predicted octanol–water partition coefficient (Wildman–Crippen LogP) is 2.46. The maximum atomic E-state index is 8.93. The molecule has 0 aromatic heterocycles. The molecule has 1 rings (SSSR count). The summed E-state index contributed by atoms with van der Waals surface area (Å²) in [6, 6.07) is 10.7. The van der Waals surface area contributed by atoms with E-state index in [0.29, 0.717) is 0 Å². The third-order valence-electron chi connectivity index (χ3n) is 1.50. The maximum Gasteiger partial charge on any atom is 0.0834 e. The van der Waals surface area contributed by atoms with Crippen molar-refractivity contribution in [3.05, 3.63) is 35.9 Å². The summed E-state index contributed by atoms with van der Waals surface area (Å²) < 4.78 is 0. The fourth-order valence-corrected chi connectivity index (χ4v) is 2.44. The van der Waals surface area contributed by atoms with Crippen molar-refractivity contribution < 1.29 is 5.11 Å². The summed E-state index contributed by atoms with van der Waals surface area (Å²) in [6.07, 6.45) is 1.27. The third-order valence-corrected chi connectivity index (χ3v) is 2.81. The molecule has 0 atom stereocenters. The van der Waals surface area contributed by atoms with Crippen molar-refractivity contribution in [1.82, 2.24) is 0 Å². The van der Waals surface area contributed by atoms with Crippen LogP contribution in [0.4, 0.5) is 0 Å². The van der Waals surface area contributed by atoms with E-state index in [2.05, 4.69) is 50.3 Å². The first-order valence-corrected chi connectivity index (χ1v) is 8.23. The molecular weight excluding hydrogens is 191 g/mol. The summed E-state index contributed by atoms with van der Waals surface area (Å²) in [6.45, 7) is 8.69. The first-order chi connectivity index (χ1) is 6.49. The van der Waals surface area contributed by atoms with Gasteiger partial charge in [0.1, 0.15) is 0 Å². The van der Waals surface area contributed by atoms with Gasteiger partial charge in [-0.3, -0.25) is 0 Å². The Morgan fingerprint density at radius 1 is 1.07 bits per heavy atom. The standard InChI is InChI=1S/C10H16P.C2H5O/c1-11(2,3)9-10-7-5-4-6-8-10;1-2-3/h4-8H,9H2,1-3H3;2H2,1H3/q+1;-1. The molecule has 0 aliphatic rings. The molecule has 0 N–H and O–H groups in total. The van der Waals surface area contributed by atoms with E-state index in [-0.39, 0.29) is 6.61 Å². The Morgan fingerprint density at radius 3 is 1.86 bits per heavy atom. The summed E-state index contributed by atoms with van der Waals surface area (Å²) in [4.78, 5) is 0. The zero-order valence-corrected chi connectivity index (χ0v) is 10.6. The second-order valence-corrected chi connectivity index (χ2v) is 9.12. The molecule has 0 fully saturated rings. The van der Waals surface area contributed by atoms with Gasteiger partial charge in [0.05, 0.1) is 6.16 Å². The van der Waals surface area contributed by atoms with E-state index in [0.717, 1.165) is 0 Å². The molecule has 1 aromatic rings. The van der Waals surface area contributed by atoms with Crippen molar-refractivity contribution in [3.8, 4) is 0 Å². The van der Waals surface area contributed by atoms with Gasteiger partial charge < -0.3 is 5.11 Å². The van der Waals surface area contributed by atoms with Crippen LogP contribution in [0.15, 0.2) is 30.3 Å². The van der Waals surface area contributed by atoms with Gasteiger partial charge in [-0.05, 0) is 5.56 Å². The van der Waals surface area contributed by atoms with Crippen LogP contribution >= 0.6 is 7.26 Å². The van der Waals surface area contributed by atoms with E-state index in [9.17, 15) is 0 Å². The molecule has 14 heavy (non-hydrogen) atoms. The Labute approximate surface area is 88.5 Å². The van der Waals surface area contributed by atoms with Crippen LogP contribution in [0.3, 0.4) is 0 Å². The maximum absolute atomic E-state index is 8.93. The van der Waals surface area contributed by atoms with Crippen LogP contribution in [-0.2, 0) is 6.16 Å². The van der Waals surface area contributed by atoms with Crippen LogP contribution in [0, 0.1) is 0 Å². The molecule has 0 radical (unpaired) electrons. The van der Waals surface area contributed by atoms with Crippen LogP contribution in [0.2, 0.25) is 0 Å². The summed E-state index contributed by atoms with van der Waals surface area (Å²) in [5.41, 5.74) is 1.48. The fraction of sp³-hybridized carbons (Fsp3) is 0.500. The van der Waals surface area contributed by atoms with Gasteiger partial charge in [0, 0.05) is 27.3 Å². The Balaban J connectivity index is 0.000000500. The summed E-state index contributed by atoms with van der Waals surface area (Å²) in [5, 5.41) is 8.93. The van der Waals surface area contributed by atoms with Crippen molar-refractivity contribution in [2.45, 2.75) is 13.1 Å². The molecule has 0 saturated heterocycles. The lowest BCUT2D eigenvalue weighted by Gasteiger charge is -2.10. The zero-order chi connectivity index (χ0) is 11.0. The zero-order valence-electron chi connectivity index (χ0n) is 9.66. The molecule has 0 heterocycles. The highest BCUT2D eigenvalue weighted by Gasteiger charge is 2.16. The van der Waals surface area contributed by atoms with Crippen molar-refractivity contribution in [2.24, 2.45) is 0 Å². The number of benzene rings is 1. The summed E-state index contributed by atoms with van der Waals surface area (Å²) >= 11 is 0. The highest BCUT2D eigenvalue weighted by molar-refractivity contribution is 7.72. The molecule has 2 heteroatoms. The lowest BCUT2D eigenvalue weighted by atomic mass is 10.2. The predicted molar refractivity (Wildman–Crippen MR) is 65.4 cm³/mol. The minimum Gasteiger partial charge on any atom is -0.855 e. The topological polar surface area (TPSA) is 23.1 Å². The summed E-state index contributed by atoms with van der Waals surface area (Å²) in [5.74, 6) is 0. The number of hydrogen-bond donors (Lipinski definition) is 0. The van der Waals surface area contributed by atoms with Gasteiger partial charge in [0.25, 0.3) is 0 Å². The lowest BCUT2D eigenvalue weighted by Crippen LogP contribution is -1.97. The Kier molecular flexibility index (Phi) is 6.78. The first-order valence-electron chi connectivity index (χ1n) is 4.92. The normalized spacial score (nSPS) is 10.4. The van der Waals surface area contributed by atoms with Gasteiger partial charge in [-0.25, -0.2) is 0 Å². The molecule has 0 aliphatic heterocycles. The largest absolute Gasteiger partial charge is 0.855 e. The molecule has 0 amide bonds. The first kappa shape index (κ1) is 13.6. The molecule has 0 spiro atoms. The third kappa shape index (κ3) is 8.22. The Morgan fingerprint density at radius 2 is 1.50 bits per heavy atom. The average molecular weight is 212 g/mol. The van der Waals surface area contributed by atoms with Crippen LogP contribution in [0.1, 0.15) is 12.5 Å². The smallest absolute Gasteiger partial charge is 0.0834 e. The lowest BCUT2D eigenvalue weighted by molar-refractivity contribution is -0.361. The van der Waals surface area contributed by atoms with Gasteiger partial charge in [-0.1, -0.05) is 37.3 Å². The van der Waals surface area contributed by atoms with Gasteiger partial charge in [-0.15, -0.1) is 6.61 Å². The van der Waals surface area contributed by atoms with Gasteiger partial charge >= 0.3 is 0 Å². The number of hydrogen-bond acceptors (Lipinski definition) is 1. The molecule has 80 valence electrons. The van der Waals surface area contributed by atoms with Crippen molar-refractivity contribution in [2.75, 3.05) is 26.6 Å². The van der Waals surface area contributed by atoms with Crippen LogP contribution in [0.5, 0.6) is 0 Å². The second-order valence-electron chi connectivity index (χ2n) is 4.22. The van der Waals surface area contributed by atoms with E-state index in [1.54, 1.807) is 6.92 Å².